The summed E-state index contributed by atoms with van der Waals surface area (Å²) in [5, 5.41) is 3.26. The van der Waals surface area contributed by atoms with E-state index in [0.717, 1.165) is 19.5 Å². The van der Waals surface area contributed by atoms with Crippen LogP contribution in [0, 0.1) is 0 Å². The lowest BCUT2D eigenvalue weighted by molar-refractivity contribution is 0.0743. The van der Waals surface area contributed by atoms with Crippen molar-refractivity contribution in [3.63, 3.8) is 0 Å². The summed E-state index contributed by atoms with van der Waals surface area (Å²) in [5.74, 6) is 1.15. The Labute approximate surface area is 127 Å². The van der Waals surface area contributed by atoms with Crippen molar-refractivity contribution in [1.29, 1.82) is 0 Å². The molecule has 0 saturated carbocycles. The molecular formula is C14H19BrN2O3. The molecule has 1 amide bonds. The standard InChI is InChI=1S/C14H19BrN2O3/c1-17(10-4-5-16-8-10)14(18)9-6-11(19-2)13(15)12(7-9)20-3/h6-7,10,16H,4-5,8H2,1-3H3. The van der Waals surface area contributed by atoms with Gasteiger partial charge in [0.15, 0.2) is 0 Å². The lowest BCUT2D eigenvalue weighted by Crippen LogP contribution is -2.38. The van der Waals surface area contributed by atoms with E-state index in [1.165, 1.54) is 0 Å². The molecule has 0 aliphatic carbocycles. The van der Waals surface area contributed by atoms with Crippen molar-refractivity contribution >= 4 is 21.8 Å². The fourth-order valence-electron chi connectivity index (χ4n) is 2.33. The maximum Gasteiger partial charge on any atom is 0.254 e. The summed E-state index contributed by atoms with van der Waals surface area (Å²) in [6.07, 6.45) is 0.979. The fraction of sp³-hybridized carbons (Fsp3) is 0.500. The highest BCUT2D eigenvalue weighted by Crippen LogP contribution is 2.36. The molecule has 0 radical (unpaired) electrons. The molecule has 1 N–H and O–H groups in total. The minimum absolute atomic E-state index is 0.0252. The monoisotopic (exact) mass is 342 g/mol. The number of hydrogen-bond acceptors (Lipinski definition) is 4. The number of amides is 1. The SMILES string of the molecule is COc1cc(C(=O)N(C)C2CCNC2)cc(OC)c1Br. The molecule has 110 valence electrons. The molecule has 1 atom stereocenters. The van der Waals surface area contributed by atoms with E-state index in [-0.39, 0.29) is 11.9 Å². The van der Waals surface area contributed by atoms with Gasteiger partial charge in [-0.05, 0) is 41.0 Å². The third-order valence-corrected chi connectivity index (χ3v) is 4.38. The molecule has 0 aromatic heterocycles. The van der Waals surface area contributed by atoms with Crippen LogP contribution in [0.4, 0.5) is 0 Å². The zero-order valence-corrected chi connectivity index (χ0v) is 13.5. The van der Waals surface area contributed by atoms with Crippen LogP contribution in [-0.2, 0) is 0 Å². The van der Waals surface area contributed by atoms with Crippen molar-refractivity contribution in [3.05, 3.63) is 22.2 Å². The van der Waals surface area contributed by atoms with Crippen molar-refractivity contribution in [2.75, 3.05) is 34.4 Å². The molecule has 1 fully saturated rings. The number of nitrogens with one attached hydrogen (secondary N) is 1. The van der Waals surface area contributed by atoms with Gasteiger partial charge < -0.3 is 19.7 Å². The molecular weight excluding hydrogens is 324 g/mol. The summed E-state index contributed by atoms with van der Waals surface area (Å²) in [7, 11) is 4.97. The molecule has 0 spiro atoms. The molecule has 2 rings (SSSR count). The van der Waals surface area contributed by atoms with Crippen LogP contribution in [0.15, 0.2) is 16.6 Å². The Hall–Kier alpha value is -1.27. The number of halogens is 1. The van der Waals surface area contributed by atoms with Crippen LogP contribution in [0.5, 0.6) is 11.5 Å². The van der Waals surface area contributed by atoms with Gasteiger partial charge in [-0.3, -0.25) is 4.79 Å². The van der Waals surface area contributed by atoms with Crippen LogP contribution in [-0.4, -0.2) is 51.2 Å². The number of carbonyl (C=O) groups is 1. The van der Waals surface area contributed by atoms with Gasteiger partial charge in [-0.25, -0.2) is 0 Å². The fourth-order valence-corrected chi connectivity index (χ4v) is 2.88. The molecule has 1 aromatic carbocycles. The van der Waals surface area contributed by atoms with Crippen LogP contribution < -0.4 is 14.8 Å². The van der Waals surface area contributed by atoms with Gasteiger partial charge in [0.25, 0.3) is 5.91 Å². The summed E-state index contributed by atoms with van der Waals surface area (Å²) in [6, 6.07) is 3.70. The summed E-state index contributed by atoms with van der Waals surface area (Å²) >= 11 is 3.40. The van der Waals surface area contributed by atoms with Gasteiger partial charge in [-0.15, -0.1) is 0 Å². The van der Waals surface area contributed by atoms with Crippen LogP contribution in [0.1, 0.15) is 16.8 Å². The molecule has 1 aliphatic heterocycles. The van der Waals surface area contributed by atoms with E-state index in [1.54, 1.807) is 31.3 Å². The van der Waals surface area contributed by atoms with E-state index in [1.807, 2.05) is 7.05 Å². The Morgan fingerprint density at radius 3 is 2.40 bits per heavy atom. The number of hydrogen-bond donors (Lipinski definition) is 1. The van der Waals surface area contributed by atoms with Gasteiger partial charge in [0.05, 0.1) is 14.2 Å². The highest BCUT2D eigenvalue weighted by Gasteiger charge is 2.25. The molecule has 0 bridgehead atoms. The minimum atomic E-state index is -0.0252. The molecule has 1 aliphatic rings. The number of likely N-dealkylation sites (N-methyl/N-ethyl adjacent to an activating group) is 1. The third kappa shape index (κ3) is 2.91. The summed E-state index contributed by atoms with van der Waals surface area (Å²) in [5.41, 5.74) is 0.566. The number of methoxy groups -OCH3 is 2. The number of ether oxygens (including phenoxy) is 2. The first kappa shape index (κ1) is 15.1. The first-order valence-corrected chi connectivity index (χ1v) is 7.27. The Bertz CT molecular complexity index is 476. The van der Waals surface area contributed by atoms with Crippen LogP contribution in [0.2, 0.25) is 0 Å². The van der Waals surface area contributed by atoms with Gasteiger partial charge >= 0.3 is 0 Å². The second-order valence-corrected chi connectivity index (χ2v) is 5.55. The van der Waals surface area contributed by atoms with E-state index in [4.69, 9.17) is 9.47 Å². The predicted molar refractivity (Wildman–Crippen MR) is 80.6 cm³/mol. The van der Waals surface area contributed by atoms with E-state index in [2.05, 4.69) is 21.2 Å². The number of rotatable bonds is 4. The third-order valence-electron chi connectivity index (χ3n) is 3.59. The highest BCUT2D eigenvalue weighted by atomic mass is 79.9. The molecule has 1 heterocycles. The maximum atomic E-state index is 12.6. The molecule has 1 aromatic rings. The predicted octanol–water partition coefficient (Wildman–Crippen LogP) is 1.90. The Morgan fingerprint density at radius 1 is 1.35 bits per heavy atom. The van der Waals surface area contributed by atoms with Crippen LogP contribution in [0.25, 0.3) is 0 Å². The molecule has 20 heavy (non-hydrogen) atoms. The average Bonchev–Trinajstić information content (AvgIpc) is 3.00. The van der Waals surface area contributed by atoms with E-state index in [0.29, 0.717) is 21.5 Å². The quantitative estimate of drug-likeness (QED) is 0.907. The molecule has 1 unspecified atom stereocenters. The van der Waals surface area contributed by atoms with E-state index < -0.39 is 0 Å². The van der Waals surface area contributed by atoms with Crippen molar-refractivity contribution in [1.82, 2.24) is 10.2 Å². The second kappa shape index (κ2) is 6.45. The summed E-state index contributed by atoms with van der Waals surface area (Å²) in [6.45, 7) is 1.79. The highest BCUT2D eigenvalue weighted by molar-refractivity contribution is 9.10. The minimum Gasteiger partial charge on any atom is -0.495 e. The number of nitrogens with zero attached hydrogens (tertiary/aromatic N) is 1. The zero-order chi connectivity index (χ0) is 14.7. The second-order valence-electron chi connectivity index (χ2n) is 4.76. The molecule has 6 heteroatoms. The molecule has 1 saturated heterocycles. The smallest absolute Gasteiger partial charge is 0.254 e. The summed E-state index contributed by atoms with van der Waals surface area (Å²) in [4.78, 5) is 14.3. The number of carbonyl (C=O) groups excluding carboxylic acids is 1. The average molecular weight is 343 g/mol. The van der Waals surface area contributed by atoms with Crippen molar-refractivity contribution < 1.29 is 14.3 Å². The van der Waals surface area contributed by atoms with E-state index >= 15 is 0 Å². The lowest BCUT2D eigenvalue weighted by Gasteiger charge is -2.24. The van der Waals surface area contributed by atoms with Crippen LogP contribution >= 0.6 is 15.9 Å². The first-order valence-electron chi connectivity index (χ1n) is 6.48. The number of benzene rings is 1. The zero-order valence-electron chi connectivity index (χ0n) is 11.9. The Kier molecular flexibility index (Phi) is 4.88. The van der Waals surface area contributed by atoms with Crippen molar-refractivity contribution in [3.8, 4) is 11.5 Å². The van der Waals surface area contributed by atoms with Gasteiger partial charge in [-0.2, -0.15) is 0 Å². The van der Waals surface area contributed by atoms with Gasteiger partial charge in [-0.1, -0.05) is 0 Å². The van der Waals surface area contributed by atoms with Crippen molar-refractivity contribution in [2.24, 2.45) is 0 Å². The van der Waals surface area contributed by atoms with Crippen LogP contribution in [0.3, 0.4) is 0 Å². The van der Waals surface area contributed by atoms with Gasteiger partial charge in [0, 0.05) is 25.2 Å². The Morgan fingerprint density at radius 2 is 1.95 bits per heavy atom. The molecule has 5 nitrogen and oxygen atoms in total. The largest absolute Gasteiger partial charge is 0.495 e. The Balaban J connectivity index is 2.29. The maximum absolute atomic E-state index is 12.6. The van der Waals surface area contributed by atoms with Gasteiger partial charge in [0.2, 0.25) is 0 Å². The lowest BCUT2D eigenvalue weighted by atomic mass is 10.1. The van der Waals surface area contributed by atoms with Crippen molar-refractivity contribution in [2.45, 2.75) is 12.5 Å². The summed E-state index contributed by atoms with van der Waals surface area (Å²) < 4.78 is 11.3. The topological polar surface area (TPSA) is 50.8 Å². The van der Waals surface area contributed by atoms with E-state index in [9.17, 15) is 4.79 Å². The van der Waals surface area contributed by atoms with Gasteiger partial charge in [0.1, 0.15) is 16.0 Å². The normalized spacial score (nSPS) is 17.9. The first-order chi connectivity index (χ1) is 9.58.